The average molecular weight is 861 g/mol. The minimum absolute atomic E-state index is 0.116. The van der Waals surface area contributed by atoms with Gasteiger partial charge in [-0.15, -0.1) is 0 Å². The number of fused-ring (bicyclic) bond motifs is 9. The van der Waals surface area contributed by atoms with Crippen LogP contribution in [0.4, 0.5) is 34.1 Å². The van der Waals surface area contributed by atoms with Crippen molar-refractivity contribution in [3.8, 4) is 33.4 Å². The standard InChI is InChI=1S/C63H44N2O2/c1-63(2)56-19-9-6-15-50(56)51-37-35-48(39-57(51)63)64(45-29-23-42(24-30-45)41-13-4-3-5-14-41)46-31-25-43(26-32-46)44-27-33-47(34-28-44)65(49-36-38-54-52-16-7-10-21-59(52)66-61(54)40-49)58-20-12-18-55-53-17-8-11-22-60(53)67-62(55)58/h3-40H,1-2H3. The average Bonchev–Trinajstić information content (AvgIpc) is 4.03. The summed E-state index contributed by atoms with van der Waals surface area (Å²) in [5.74, 6) is 0. The van der Waals surface area contributed by atoms with Crippen LogP contribution in [0.5, 0.6) is 0 Å². The highest BCUT2D eigenvalue weighted by molar-refractivity contribution is 6.11. The quantitative estimate of drug-likeness (QED) is 0.152. The number of benzene rings is 10. The van der Waals surface area contributed by atoms with Gasteiger partial charge in [-0.2, -0.15) is 0 Å². The highest BCUT2D eigenvalue weighted by Crippen LogP contribution is 2.51. The summed E-state index contributed by atoms with van der Waals surface area (Å²) in [6, 6.07) is 82.6. The Balaban J connectivity index is 0.883. The van der Waals surface area contributed by atoms with Crippen LogP contribution in [-0.4, -0.2) is 0 Å². The Bertz CT molecular complexity index is 3820. The second-order valence-corrected chi connectivity index (χ2v) is 18.1. The van der Waals surface area contributed by atoms with Gasteiger partial charge in [-0.1, -0.05) is 159 Å². The van der Waals surface area contributed by atoms with Crippen LogP contribution in [0.3, 0.4) is 0 Å². The maximum Gasteiger partial charge on any atom is 0.159 e. The molecule has 2 heterocycles. The number of hydrogen-bond donors (Lipinski definition) is 0. The molecule has 0 atom stereocenters. The van der Waals surface area contributed by atoms with Crippen molar-refractivity contribution in [3.63, 3.8) is 0 Å². The fourth-order valence-electron chi connectivity index (χ4n) is 10.5. The molecule has 10 aromatic carbocycles. The summed E-state index contributed by atoms with van der Waals surface area (Å²) in [5.41, 5.74) is 19.6. The Morgan fingerprint density at radius 3 is 1.48 bits per heavy atom. The summed E-state index contributed by atoms with van der Waals surface area (Å²) >= 11 is 0. The molecule has 0 aliphatic heterocycles. The topological polar surface area (TPSA) is 32.8 Å². The predicted octanol–water partition coefficient (Wildman–Crippen LogP) is 18.1. The zero-order chi connectivity index (χ0) is 44.6. The van der Waals surface area contributed by atoms with Gasteiger partial charge in [0.2, 0.25) is 0 Å². The highest BCUT2D eigenvalue weighted by Gasteiger charge is 2.35. The van der Waals surface area contributed by atoms with E-state index in [9.17, 15) is 0 Å². The number of nitrogens with zero attached hydrogens (tertiary/aromatic N) is 2. The van der Waals surface area contributed by atoms with Gasteiger partial charge < -0.3 is 18.6 Å². The van der Waals surface area contributed by atoms with E-state index in [0.29, 0.717) is 0 Å². The molecule has 12 aromatic rings. The maximum atomic E-state index is 6.63. The molecule has 0 saturated carbocycles. The molecule has 4 heteroatoms. The molecule has 0 bridgehead atoms. The van der Waals surface area contributed by atoms with Crippen molar-refractivity contribution in [2.75, 3.05) is 9.80 Å². The van der Waals surface area contributed by atoms with Gasteiger partial charge in [-0.05, 0) is 123 Å². The van der Waals surface area contributed by atoms with E-state index < -0.39 is 0 Å². The van der Waals surface area contributed by atoms with Crippen LogP contribution < -0.4 is 9.80 Å². The van der Waals surface area contributed by atoms with Gasteiger partial charge in [0.1, 0.15) is 16.7 Å². The third-order valence-corrected chi connectivity index (χ3v) is 13.9. The van der Waals surface area contributed by atoms with Gasteiger partial charge in [-0.25, -0.2) is 0 Å². The molecule has 67 heavy (non-hydrogen) atoms. The molecule has 0 amide bonds. The largest absolute Gasteiger partial charge is 0.456 e. The fourth-order valence-corrected chi connectivity index (χ4v) is 10.5. The summed E-state index contributed by atoms with van der Waals surface area (Å²) < 4.78 is 13.1. The van der Waals surface area contributed by atoms with Crippen molar-refractivity contribution in [2.45, 2.75) is 19.3 Å². The summed E-state index contributed by atoms with van der Waals surface area (Å²) in [6.45, 7) is 4.69. The third-order valence-electron chi connectivity index (χ3n) is 13.9. The maximum absolute atomic E-state index is 6.63. The first kappa shape index (κ1) is 38.8. The molecule has 2 aromatic heterocycles. The number of furan rings is 2. The van der Waals surface area contributed by atoms with E-state index in [1.807, 2.05) is 24.3 Å². The minimum Gasteiger partial charge on any atom is -0.456 e. The van der Waals surface area contributed by atoms with E-state index in [4.69, 9.17) is 8.83 Å². The molecule has 4 nitrogen and oxygen atoms in total. The Hall–Kier alpha value is -8.60. The number of anilines is 6. The lowest BCUT2D eigenvalue weighted by Crippen LogP contribution is -2.16. The molecule has 1 aliphatic rings. The van der Waals surface area contributed by atoms with Crippen LogP contribution in [0.1, 0.15) is 25.0 Å². The van der Waals surface area contributed by atoms with Crippen LogP contribution in [0.2, 0.25) is 0 Å². The van der Waals surface area contributed by atoms with Crippen molar-refractivity contribution < 1.29 is 8.83 Å². The van der Waals surface area contributed by atoms with E-state index in [-0.39, 0.29) is 5.41 Å². The van der Waals surface area contributed by atoms with E-state index in [0.717, 1.165) is 89.1 Å². The number of rotatable bonds is 8. The van der Waals surface area contributed by atoms with Crippen molar-refractivity contribution in [2.24, 2.45) is 0 Å². The Morgan fingerprint density at radius 1 is 0.313 bits per heavy atom. The molecule has 318 valence electrons. The summed E-state index contributed by atoms with van der Waals surface area (Å²) in [4.78, 5) is 4.66. The first-order valence-electron chi connectivity index (χ1n) is 23.0. The third kappa shape index (κ3) is 6.36. The first-order valence-corrected chi connectivity index (χ1v) is 23.0. The molecule has 0 N–H and O–H groups in total. The molecule has 0 radical (unpaired) electrons. The Labute approximate surface area is 389 Å². The number of para-hydroxylation sites is 3. The fraction of sp³-hybridized carbons (Fsp3) is 0.0476. The SMILES string of the molecule is CC1(C)c2ccccc2-c2ccc(N(c3ccc(-c4ccccc4)cc3)c3ccc(-c4ccc(N(c5ccc6c(c5)oc5ccccc56)c5cccc6c5oc5ccccc56)cc4)cc3)cc21. The molecule has 13 rings (SSSR count). The minimum atomic E-state index is -0.116. The van der Waals surface area contributed by atoms with Crippen LogP contribution >= 0.6 is 0 Å². The lowest BCUT2D eigenvalue weighted by atomic mass is 9.82. The van der Waals surface area contributed by atoms with Gasteiger partial charge >= 0.3 is 0 Å². The lowest BCUT2D eigenvalue weighted by Gasteiger charge is -2.28. The van der Waals surface area contributed by atoms with Gasteiger partial charge in [0.25, 0.3) is 0 Å². The molecule has 0 saturated heterocycles. The zero-order valence-corrected chi connectivity index (χ0v) is 37.2. The second-order valence-electron chi connectivity index (χ2n) is 18.1. The van der Waals surface area contributed by atoms with E-state index in [1.165, 1.54) is 33.4 Å². The van der Waals surface area contributed by atoms with Crippen molar-refractivity contribution >= 4 is 78.0 Å². The number of hydrogen-bond acceptors (Lipinski definition) is 4. The zero-order valence-electron chi connectivity index (χ0n) is 37.2. The van der Waals surface area contributed by atoms with Crippen LogP contribution in [-0.2, 0) is 5.41 Å². The van der Waals surface area contributed by atoms with Crippen molar-refractivity contribution in [1.82, 2.24) is 0 Å². The van der Waals surface area contributed by atoms with Crippen LogP contribution in [0, 0.1) is 0 Å². The van der Waals surface area contributed by atoms with Gasteiger partial charge in [0.15, 0.2) is 5.58 Å². The Morgan fingerprint density at radius 2 is 0.791 bits per heavy atom. The molecule has 0 unspecified atom stereocenters. The van der Waals surface area contributed by atoms with Crippen molar-refractivity contribution in [1.29, 1.82) is 0 Å². The summed E-state index contributed by atoms with van der Waals surface area (Å²) in [6.07, 6.45) is 0. The normalized spacial score (nSPS) is 12.7. The van der Waals surface area contributed by atoms with E-state index in [2.05, 4.69) is 230 Å². The molecule has 0 spiro atoms. The Kier molecular flexibility index (Phi) is 8.84. The highest BCUT2D eigenvalue weighted by atomic mass is 16.3. The van der Waals surface area contributed by atoms with Gasteiger partial charge in [0.05, 0.1) is 11.4 Å². The van der Waals surface area contributed by atoms with Crippen LogP contribution in [0.25, 0.3) is 77.3 Å². The summed E-state index contributed by atoms with van der Waals surface area (Å²) in [7, 11) is 0. The lowest BCUT2D eigenvalue weighted by molar-refractivity contribution is 0.660. The van der Waals surface area contributed by atoms with Crippen molar-refractivity contribution in [3.05, 3.63) is 242 Å². The molecular weight excluding hydrogens is 817 g/mol. The van der Waals surface area contributed by atoms with E-state index >= 15 is 0 Å². The van der Waals surface area contributed by atoms with Gasteiger partial charge in [0, 0.05) is 55.8 Å². The monoisotopic (exact) mass is 860 g/mol. The predicted molar refractivity (Wildman–Crippen MR) is 279 cm³/mol. The van der Waals surface area contributed by atoms with Gasteiger partial charge in [-0.3, -0.25) is 0 Å². The van der Waals surface area contributed by atoms with E-state index in [1.54, 1.807) is 0 Å². The summed E-state index contributed by atoms with van der Waals surface area (Å²) in [5, 5.41) is 4.37. The molecular formula is C63H44N2O2. The molecule has 1 aliphatic carbocycles. The smallest absolute Gasteiger partial charge is 0.159 e. The first-order chi connectivity index (χ1) is 33.0. The second kappa shape index (κ2) is 15.3. The van der Waals surface area contributed by atoms with Crippen LogP contribution in [0.15, 0.2) is 239 Å². The molecule has 0 fully saturated rings.